The molecule has 0 saturated carbocycles. The fraction of sp³-hybridized carbons (Fsp3) is 0.0833. The molecule has 1 nitrogen and oxygen atoms in total. The Labute approximate surface area is 253 Å². The summed E-state index contributed by atoms with van der Waals surface area (Å²) < 4.78 is 0. The van der Waals surface area contributed by atoms with Crippen molar-refractivity contribution < 1.29 is 0 Å². The summed E-state index contributed by atoms with van der Waals surface area (Å²) in [6.45, 7) is 4.57. The van der Waals surface area contributed by atoms with Crippen LogP contribution < -0.4 is 27.3 Å². The molecule has 1 aliphatic rings. The lowest BCUT2D eigenvalue weighted by Gasteiger charge is -2.25. The first-order valence-electron chi connectivity index (χ1n) is 14.9. The van der Waals surface area contributed by atoms with E-state index in [1.807, 2.05) is 6.07 Å². The summed E-state index contributed by atoms with van der Waals surface area (Å²) in [5.74, 6) is 0. The Hall–Kier alpha value is -4.35. The maximum atomic E-state index is 9.58. The Morgan fingerprint density at radius 1 is 0.524 bits per heavy atom. The molecule has 0 fully saturated rings. The molecule has 1 aliphatic carbocycles. The van der Waals surface area contributed by atoms with Gasteiger partial charge < -0.3 is 0 Å². The molecule has 0 bridgehead atoms. The minimum atomic E-state index is -0.190. The molecular weight excluding hydrogens is 500 g/mol. The second kappa shape index (κ2) is 9.33. The molecule has 6 heteroatoms. The van der Waals surface area contributed by atoms with E-state index in [9.17, 15) is 5.26 Å². The average Bonchev–Trinajstić information content (AvgIpc) is 3.23. The SMILES string of the molecule is Bc1c(B)c(B)c(-c2c3ccccc3c(-c3ccc4c(c3)C(C)(C)c3cc(C#N)ccc3-4)c3ccccc23)c(B)c1B. The van der Waals surface area contributed by atoms with Crippen LogP contribution in [0.3, 0.4) is 0 Å². The van der Waals surface area contributed by atoms with Crippen molar-refractivity contribution in [3.8, 4) is 39.4 Å². The largest absolute Gasteiger partial charge is 0.192 e. The summed E-state index contributed by atoms with van der Waals surface area (Å²) in [4.78, 5) is 0. The zero-order valence-electron chi connectivity index (χ0n) is 25.5. The van der Waals surface area contributed by atoms with E-state index in [1.165, 1.54) is 93.4 Å². The van der Waals surface area contributed by atoms with Gasteiger partial charge in [0.25, 0.3) is 0 Å². The highest BCUT2D eigenvalue weighted by molar-refractivity contribution is 6.69. The number of nitriles is 1. The summed E-state index contributed by atoms with van der Waals surface area (Å²) in [5, 5.41) is 14.7. The van der Waals surface area contributed by atoms with Crippen molar-refractivity contribution in [2.24, 2.45) is 0 Å². The van der Waals surface area contributed by atoms with Crippen LogP contribution in [-0.4, -0.2) is 39.2 Å². The van der Waals surface area contributed by atoms with Crippen LogP contribution in [0.4, 0.5) is 0 Å². The predicted octanol–water partition coefficient (Wildman–Crippen LogP) is 0.797. The Morgan fingerprint density at radius 3 is 1.50 bits per heavy atom. The van der Waals surface area contributed by atoms with Gasteiger partial charge >= 0.3 is 0 Å². The number of rotatable bonds is 2. The zero-order chi connectivity index (χ0) is 29.5. The molecule has 0 aromatic heterocycles. The normalized spacial score (nSPS) is 13.2. The molecule has 0 aliphatic heterocycles. The van der Waals surface area contributed by atoms with Crippen molar-refractivity contribution in [2.45, 2.75) is 19.3 Å². The van der Waals surface area contributed by atoms with Crippen molar-refractivity contribution in [1.29, 1.82) is 5.26 Å². The summed E-state index contributed by atoms with van der Waals surface area (Å²) in [7, 11) is 11.4. The predicted molar refractivity (Wildman–Crippen MR) is 195 cm³/mol. The summed E-state index contributed by atoms with van der Waals surface area (Å²) in [6, 6.07) is 33.4. The van der Waals surface area contributed by atoms with E-state index >= 15 is 0 Å². The zero-order valence-corrected chi connectivity index (χ0v) is 25.5. The van der Waals surface area contributed by atoms with Gasteiger partial charge in [-0.15, -0.1) is 16.4 Å². The highest BCUT2D eigenvalue weighted by atomic mass is 14.4. The maximum absolute atomic E-state index is 9.58. The van der Waals surface area contributed by atoms with Gasteiger partial charge in [0.15, 0.2) is 0 Å². The fourth-order valence-electron chi connectivity index (χ4n) is 7.55. The van der Waals surface area contributed by atoms with Crippen LogP contribution in [0.5, 0.6) is 0 Å². The van der Waals surface area contributed by atoms with Gasteiger partial charge in [0.1, 0.15) is 39.2 Å². The van der Waals surface area contributed by atoms with Gasteiger partial charge in [-0.3, -0.25) is 0 Å². The minimum Gasteiger partial charge on any atom is -0.192 e. The third-order valence-electron chi connectivity index (χ3n) is 10.3. The molecule has 0 N–H and O–H groups in total. The van der Waals surface area contributed by atoms with Crippen molar-refractivity contribution in [1.82, 2.24) is 0 Å². The standard InChI is InChI=1S/C36H30B5N/c1-36(2)26-15-18(17-42)11-13-20(26)21-14-12-19(16-27(21)36)28-22-7-3-5-9-24(22)29(25-10-6-4-8-23(25)28)30-31(37)33(39)35(41)34(40)32(30)38/h3-16H,37-41H2,1-2H3. The number of hydrogen-bond acceptors (Lipinski definition) is 1. The summed E-state index contributed by atoms with van der Waals surface area (Å²) in [5.41, 5.74) is 17.7. The van der Waals surface area contributed by atoms with Gasteiger partial charge in [-0.1, -0.05) is 91.5 Å². The van der Waals surface area contributed by atoms with Crippen molar-refractivity contribution in [3.63, 3.8) is 0 Å². The van der Waals surface area contributed by atoms with Crippen LogP contribution in [0.1, 0.15) is 30.5 Å². The number of hydrogen-bond donors (Lipinski definition) is 0. The lowest BCUT2D eigenvalue weighted by atomic mass is 9.59. The molecule has 6 aromatic rings. The Morgan fingerprint density at radius 2 is 0.976 bits per heavy atom. The molecule has 0 amide bonds. The molecule has 7 rings (SSSR count). The first-order valence-corrected chi connectivity index (χ1v) is 14.9. The molecule has 42 heavy (non-hydrogen) atoms. The monoisotopic (exact) mass is 531 g/mol. The van der Waals surface area contributed by atoms with Gasteiger partial charge in [0.05, 0.1) is 11.6 Å². The lowest BCUT2D eigenvalue weighted by Crippen LogP contribution is -2.55. The highest BCUT2D eigenvalue weighted by Gasteiger charge is 2.36. The molecule has 0 atom stereocenters. The van der Waals surface area contributed by atoms with Gasteiger partial charge in [-0.2, -0.15) is 5.26 Å². The van der Waals surface area contributed by atoms with Crippen LogP contribution in [0.2, 0.25) is 0 Å². The second-order valence-corrected chi connectivity index (χ2v) is 12.6. The van der Waals surface area contributed by atoms with E-state index < -0.39 is 0 Å². The Balaban J connectivity index is 1.57. The van der Waals surface area contributed by atoms with Crippen LogP contribution in [-0.2, 0) is 5.41 Å². The topological polar surface area (TPSA) is 23.8 Å². The fourth-order valence-corrected chi connectivity index (χ4v) is 7.55. The molecule has 6 aromatic carbocycles. The second-order valence-electron chi connectivity index (χ2n) is 12.6. The third kappa shape index (κ3) is 3.56. The molecule has 0 spiro atoms. The number of benzene rings is 6. The van der Waals surface area contributed by atoms with Crippen molar-refractivity contribution in [2.75, 3.05) is 0 Å². The number of fused-ring (bicyclic) bond motifs is 5. The lowest BCUT2D eigenvalue weighted by molar-refractivity contribution is 0.660. The summed E-state index contributed by atoms with van der Waals surface area (Å²) in [6.07, 6.45) is 0. The molecule has 0 radical (unpaired) electrons. The van der Waals surface area contributed by atoms with E-state index in [2.05, 4.69) is 138 Å². The van der Waals surface area contributed by atoms with Gasteiger partial charge in [0, 0.05) is 5.41 Å². The van der Waals surface area contributed by atoms with Crippen LogP contribution in [0, 0.1) is 11.3 Å². The van der Waals surface area contributed by atoms with E-state index in [4.69, 9.17) is 0 Å². The van der Waals surface area contributed by atoms with Crippen LogP contribution >= 0.6 is 0 Å². The first-order chi connectivity index (χ1) is 20.1. The first kappa shape index (κ1) is 26.5. The molecule has 0 unspecified atom stereocenters. The quantitative estimate of drug-likeness (QED) is 0.240. The van der Waals surface area contributed by atoms with Gasteiger partial charge in [-0.25, -0.2) is 0 Å². The van der Waals surface area contributed by atoms with Crippen molar-refractivity contribution in [3.05, 3.63) is 102 Å². The van der Waals surface area contributed by atoms with Gasteiger partial charge in [0.2, 0.25) is 0 Å². The third-order valence-corrected chi connectivity index (χ3v) is 10.3. The number of nitrogens with zero attached hydrogens (tertiary/aromatic N) is 1. The van der Waals surface area contributed by atoms with Crippen molar-refractivity contribution >= 4 is 88.1 Å². The van der Waals surface area contributed by atoms with Crippen LogP contribution in [0.25, 0.3) is 54.9 Å². The van der Waals surface area contributed by atoms with E-state index in [0.29, 0.717) is 0 Å². The van der Waals surface area contributed by atoms with Crippen LogP contribution in [0.15, 0.2) is 84.9 Å². The summed E-state index contributed by atoms with van der Waals surface area (Å²) >= 11 is 0. The molecule has 0 heterocycles. The van der Waals surface area contributed by atoms with E-state index in [1.54, 1.807) is 0 Å². The molecular formula is C36H30B5N. The van der Waals surface area contributed by atoms with Gasteiger partial charge in [-0.05, 0) is 84.3 Å². The average molecular weight is 531 g/mol. The molecule has 194 valence electrons. The Kier molecular flexibility index (Phi) is 5.90. The highest BCUT2D eigenvalue weighted by Crippen LogP contribution is 2.51. The van der Waals surface area contributed by atoms with E-state index in [-0.39, 0.29) is 5.41 Å². The minimum absolute atomic E-state index is 0.190. The smallest absolute Gasteiger partial charge is 0.139 e. The Bertz CT molecular complexity index is 2100. The maximum Gasteiger partial charge on any atom is 0.139 e. The van der Waals surface area contributed by atoms with E-state index in [0.717, 1.165) is 5.56 Å². The molecule has 0 saturated heterocycles.